The molecule has 0 bridgehead atoms. The topological polar surface area (TPSA) is 84.6 Å². The number of aliphatic hydroxyl groups is 1. The quantitative estimate of drug-likeness (QED) is 0.591. The minimum Gasteiger partial charge on any atom is -0.484 e. The van der Waals surface area contributed by atoms with Crippen LogP contribution in [0, 0.1) is 10.1 Å². The van der Waals surface area contributed by atoms with Crippen molar-refractivity contribution in [3.8, 4) is 5.75 Å². The molecule has 1 aliphatic carbocycles. The van der Waals surface area contributed by atoms with Gasteiger partial charge < -0.3 is 15.2 Å². The van der Waals surface area contributed by atoms with Crippen molar-refractivity contribution in [2.75, 3.05) is 13.2 Å². The molecule has 0 spiro atoms. The molecule has 1 unspecified atom stereocenters. The molecular formula is C13H16Cl2N2O4. The summed E-state index contributed by atoms with van der Waals surface area (Å²) in [6, 6.07) is 2.87. The predicted molar refractivity (Wildman–Crippen MR) is 80.3 cm³/mol. The van der Waals surface area contributed by atoms with E-state index in [4.69, 9.17) is 27.9 Å². The van der Waals surface area contributed by atoms with Crippen LogP contribution in [-0.2, 0) is 0 Å². The van der Waals surface area contributed by atoms with Crippen LogP contribution in [0.2, 0.25) is 10.0 Å². The number of rotatable bonds is 7. The molecule has 6 nitrogen and oxygen atoms in total. The van der Waals surface area contributed by atoms with E-state index in [0.29, 0.717) is 12.6 Å². The Hall–Kier alpha value is -1.08. The molecule has 1 aromatic rings. The van der Waals surface area contributed by atoms with Gasteiger partial charge in [0.1, 0.15) is 12.2 Å². The van der Waals surface area contributed by atoms with Crippen LogP contribution in [0.25, 0.3) is 0 Å². The van der Waals surface area contributed by atoms with Crippen molar-refractivity contribution >= 4 is 28.9 Å². The molecule has 21 heavy (non-hydrogen) atoms. The third-order valence-corrected chi connectivity index (χ3v) is 3.81. The van der Waals surface area contributed by atoms with Crippen LogP contribution in [0.5, 0.6) is 5.75 Å². The second kappa shape index (κ2) is 6.36. The van der Waals surface area contributed by atoms with Crippen LogP contribution in [0.3, 0.4) is 0 Å². The zero-order valence-electron chi connectivity index (χ0n) is 11.4. The Balaban J connectivity index is 2.03. The summed E-state index contributed by atoms with van der Waals surface area (Å²) < 4.78 is 5.38. The lowest BCUT2D eigenvalue weighted by Crippen LogP contribution is -2.43. The second-order valence-corrected chi connectivity index (χ2v) is 6.25. The maximum absolute atomic E-state index is 11.0. The zero-order chi connectivity index (χ0) is 15.6. The molecule has 1 aliphatic rings. The summed E-state index contributed by atoms with van der Waals surface area (Å²) in [4.78, 5) is 10.4. The van der Waals surface area contributed by atoms with E-state index >= 15 is 0 Å². The van der Waals surface area contributed by atoms with Crippen LogP contribution in [0.4, 0.5) is 5.69 Å². The molecular weight excluding hydrogens is 319 g/mol. The van der Waals surface area contributed by atoms with E-state index in [1.54, 1.807) is 6.92 Å². The Morgan fingerprint density at radius 1 is 1.48 bits per heavy atom. The van der Waals surface area contributed by atoms with Crippen LogP contribution in [0.15, 0.2) is 12.1 Å². The fourth-order valence-electron chi connectivity index (χ4n) is 1.71. The van der Waals surface area contributed by atoms with Gasteiger partial charge in [-0.3, -0.25) is 10.1 Å². The summed E-state index contributed by atoms with van der Waals surface area (Å²) in [5.41, 5.74) is -1.42. The largest absolute Gasteiger partial charge is 0.484 e. The Morgan fingerprint density at radius 2 is 2.10 bits per heavy atom. The molecule has 0 amide bonds. The Labute approximate surface area is 132 Å². The minimum absolute atomic E-state index is 0.0129. The summed E-state index contributed by atoms with van der Waals surface area (Å²) in [6.07, 6.45) is 2.21. The van der Waals surface area contributed by atoms with Crippen molar-refractivity contribution in [2.45, 2.75) is 31.4 Å². The van der Waals surface area contributed by atoms with E-state index in [9.17, 15) is 15.2 Å². The maximum Gasteiger partial charge on any atom is 0.312 e. The number of nitro benzene ring substituents is 1. The van der Waals surface area contributed by atoms with Crippen molar-refractivity contribution in [2.24, 2.45) is 0 Å². The van der Waals surface area contributed by atoms with E-state index in [1.165, 1.54) is 6.07 Å². The summed E-state index contributed by atoms with van der Waals surface area (Å²) in [7, 11) is 0. The SMILES string of the molecule is CC(O)(CNC1CC1)COc1cc(Cl)c(Cl)cc1[N+](=O)[O-]. The lowest BCUT2D eigenvalue weighted by atomic mass is 10.1. The van der Waals surface area contributed by atoms with Crippen LogP contribution in [0.1, 0.15) is 19.8 Å². The molecule has 1 saturated carbocycles. The van der Waals surface area contributed by atoms with Crippen LogP contribution >= 0.6 is 23.2 Å². The lowest BCUT2D eigenvalue weighted by molar-refractivity contribution is -0.386. The molecule has 0 saturated heterocycles. The molecule has 2 N–H and O–H groups in total. The van der Waals surface area contributed by atoms with Gasteiger partial charge in [-0.1, -0.05) is 23.2 Å². The van der Waals surface area contributed by atoms with E-state index in [2.05, 4.69) is 5.32 Å². The summed E-state index contributed by atoms with van der Waals surface area (Å²) in [6.45, 7) is 1.87. The van der Waals surface area contributed by atoms with Gasteiger partial charge in [0, 0.05) is 24.7 Å². The second-order valence-electron chi connectivity index (χ2n) is 5.43. The highest BCUT2D eigenvalue weighted by atomic mass is 35.5. The van der Waals surface area contributed by atoms with Gasteiger partial charge in [0.25, 0.3) is 0 Å². The average molecular weight is 335 g/mol. The molecule has 0 aliphatic heterocycles. The third kappa shape index (κ3) is 4.71. The van der Waals surface area contributed by atoms with E-state index in [1.807, 2.05) is 0 Å². The predicted octanol–water partition coefficient (Wildman–Crippen LogP) is 2.78. The molecule has 116 valence electrons. The van der Waals surface area contributed by atoms with Crippen LogP contribution < -0.4 is 10.1 Å². The molecule has 0 heterocycles. The summed E-state index contributed by atoms with van der Waals surface area (Å²) in [5.74, 6) is -0.0129. The Kier molecular flexibility index (Phi) is 4.93. The van der Waals surface area contributed by atoms with Gasteiger partial charge in [-0.25, -0.2) is 0 Å². The smallest absolute Gasteiger partial charge is 0.312 e. The standard InChI is InChI=1S/C13H16Cl2N2O4/c1-13(18,6-16-8-2-3-8)7-21-12-5-10(15)9(14)4-11(12)17(19)20/h4-5,8,16,18H,2-3,6-7H2,1H3. The van der Waals surface area contributed by atoms with Gasteiger partial charge in [-0.2, -0.15) is 0 Å². The first-order valence-corrected chi connectivity index (χ1v) is 7.26. The fourth-order valence-corrected chi connectivity index (χ4v) is 2.02. The number of hydrogen-bond acceptors (Lipinski definition) is 5. The number of hydrogen-bond donors (Lipinski definition) is 2. The summed E-state index contributed by atoms with van der Waals surface area (Å²) in [5, 5.41) is 24.6. The van der Waals surface area contributed by atoms with Gasteiger partial charge in [-0.15, -0.1) is 0 Å². The van der Waals surface area contributed by atoms with Gasteiger partial charge in [-0.05, 0) is 19.8 Å². The number of halogens is 2. The van der Waals surface area contributed by atoms with E-state index < -0.39 is 10.5 Å². The number of nitrogens with one attached hydrogen (secondary N) is 1. The minimum atomic E-state index is -1.14. The number of nitro groups is 1. The maximum atomic E-state index is 11.0. The van der Waals surface area contributed by atoms with Crippen molar-refractivity contribution in [3.63, 3.8) is 0 Å². The molecule has 1 atom stereocenters. The first kappa shape index (κ1) is 16.3. The third-order valence-electron chi connectivity index (χ3n) is 3.09. The number of benzene rings is 1. The van der Waals surface area contributed by atoms with Crippen molar-refractivity contribution < 1.29 is 14.8 Å². The van der Waals surface area contributed by atoms with Crippen molar-refractivity contribution in [1.29, 1.82) is 0 Å². The molecule has 1 aromatic carbocycles. The van der Waals surface area contributed by atoms with Crippen LogP contribution in [-0.4, -0.2) is 34.8 Å². The van der Waals surface area contributed by atoms with Gasteiger partial charge in [0.2, 0.25) is 0 Å². The number of ether oxygens (including phenoxy) is 1. The van der Waals surface area contributed by atoms with Crippen molar-refractivity contribution in [1.82, 2.24) is 5.32 Å². The van der Waals surface area contributed by atoms with Gasteiger partial charge >= 0.3 is 5.69 Å². The normalized spacial score (nSPS) is 17.3. The highest BCUT2D eigenvalue weighted by molar-refractivity contribution is 6.42. The first-order valence-electron chi connectivity index (χ1n) is 6.50. The molecule has 2 rings (SSSR count). The Morgan fingerprint density at radius 3 is 2.67 bits per heavy atom. The molecule has 8 heteroatoms. The summed E-state index contributed by atoms with van der Waals surface area (Å²) >= 11 is 11.6. The highest BCUT2D eigenvalue weighted by Crippen LogP contribution is 2.36. The fraction of sp³-hybridized carbons (Fsp3) is 0.538. The zero-order valence-corrected chi connectivity index (χ0v) is 12.9. The van der Waals surface area contributed by atoms with Gasteiger partial charge in [0.15, 0.2) is 5.75 Å². The van der Waals surface area contributed by atoms with Gasteiger partial charge in [0.05, 0.1) is 15.0 Å². The molecule has 0 radical (unpaired) electrons. The highest BCUT2D eigenvalue weighted by Gasteiger charge is 2.28. The number of nitrogens with zero attached hydrogens (tertiary/aromatic N) is 1. The van der Waals surface area contributed by atoms with E-state index in [-0.39, 0.29) is 28.1 Å². The van der Waals surface area contributed by atoms with E-state index in [0.717, 1.165) is 18.9 Å². The van der Waals surface area contributed by atoms with Crippen molar-refractivity contribution in [3.05, 3.63) is 32.3 Å². The Bertz CT molecular complexity index is 547. The lowest BCUT2D eigenvalue weighted by Gasteiger charge is -2.24. The molecule has 0 aromatic heterocycles. The monoisotopic (exact) mass is 334 g/mol. The first-order chi connectivity index (χ1) is 9.78. The average Bonchev–Trinajstić information content (AvgIpc) is 3.21. The molecule has 1 fully saturated rings.